The summed E-state index contributed by atoms with van der Waals surface area (Å²) in [6.07, 6.45) is 2.68. The molecule has 0 radical (unpaired) electrons. The summed E-state index contributed by atoms with van der Waals surface area (Å²) in [5, 5.41) is 5.72. The first kappa shape index (κ1) is 29.1. The van der Waals surface area contributed by atoms with E-state index < -0.39 is 28.8 Å². The van der Waals surface area contributed by atoms with Gasteiger partial charge in [-0.15, -0.1) is 0 Å². The summed E-state index contributed by atoms with van der Waals surface area (Å²) >= 11 is 0. The number of anilines is 1. The summed E-state index contributed by atoms with van der Waals surface area (Å²) in [4.78, 5) is 47.3. The Labute approximate surface area is 239 Å². The van der Waals surface area contributed by atoms with Crippen LogP contribution in [0, 0.1) is 0 Å². The van der Waals surface area contributed by atoms with E-state index in [1.165, 1.54) is 13.0 Å². The van der Waals surface area contributed by atoms with E-state index >= 15 is 0 Å². The molecule has 4 aliphatic heterocycles. The summed E-state index contributed by atoms with van der Waals surface area (Å²) in [5.74, 6) is -1.33. The van der Waals surface area contributed by atoms with Gasteiger partial charge in [-0.2, -0.15) is 0 Å². The highest BCUT2D eigenvalue weighted by molar-refractivity contribution is 7.84. The number of hydrogen-bond acceptors (Lipinski definition) is 9. The average Bonchev–Trinajstić information content (AvgIpc) is 3.19. The molecule has 3 saturated heterocycles. The smallest absolute Gasteiger partial charge is 0.267 e. The van der Waals surface area contributed by atoms with Crippen LogP contribution in [0.4, 0.5) is 5.69 Å². The van der Waals surface area contributed by atoms with Crippen molar-refractivity contribution in [2.45, 2.75) is 49.6 Å². The molecular weight excluding hydrogens is 530 g/mol. The number of carbonyl (C=O) groups excluding carboxylic acids is 3. The predicted molar refractivity (Wildman–Crippen MR) is 154 cm³/mol. The molecular formula is C28H43N7O4S. The molecule has 0 aromatic heterocycles. The Morgan fingerprint density at radius 1 is 1.02 bits per heavy atom. The van der Waals surface area contributed by atoms with Crippen molar-refractivity contribution >= 4 is 34.4 Å². The minimum atomic E-state index is -1.75. The molecule has 0 aliphatic carbocycles. The summed E-state index contributed by atoms with van der Waals surface area (Å²) in [6, 6.07) is 5.22. The Kier molecular flexibility index (Phi) is 9.52. The van der Waals surface area contributed by atoms with E-state index in [0.29, 0.717) is 16.5 Å². The molecule has 4 heterocycles. The second-order valence-electron chi connectivity index (χ2n) is 11.5. The maximum Gasteiger partial charge on any atom is 0.267 e. The molecule has 3 atom stereocenters. The maximum absolute atomic E-state index is 13.2. The Hall–Kier alpha value is -2.38. The number of piperazine rings is 2. The zero-order valence-electron chi connectivity index (χ0n) is 23.8. The van der Waals surface area contributed by atoms with Gasteiger partial charge in [-0.05, 0) is 77.6 Å². The van der Waals surface area contributed by atoms with Gasteiger partial charge >= 0.3 is 0 Å². The third-order valence-corrected chi connectivity index (χ3v) is 10.1. The third kappa shape index (κ3) is 6.57. The van der Waals surface area contributed by atoms with Gasteiger partial charge in [-0.3, -0.25) is 29.5 Å². The Morgan fingerprint density at radius 3 is 2.50 bits per heavy atom. The van der Waals surface area contributed by atoms with Crippen LogP contribution >= 0.6 is 0 Å². The maximum atomic E-state index is 13.2. The van der Waals surface area contributed by atoms with Crippen molar-refractivity contribution in [3.05, 3.63) is 23.8 Å². The summed E-state index contributed by atoms with van der Waals surface area (Å²) in [5.41, 5.74) is 1.32. The largest absolute Gasteiger partial charge is 0.369 e. The topological polar surface area (TPSA) is 109 Å². The molecule has 1 aromatic carbocycles. The molecule has 5 rings (SSSR count). The van der Waals surface area contributed by atoms with Crippen LogP contribution in [0.5, 0.6) is 0 Å². The molecule has 1 aromatic rings. The van der Waals surface area contributed by atoms with Crippen molar-refractivity contribution < 1.29 is 18.6 Å². The van der Waals surface area contributed by atoms with Crippen LogP contribution in [0.2, 0.25) is 0 Å². The van der Waals surface area contributed by atoms with Crippen LogP contribution in [0.15, 0.2) is 23.1 Å². The van der Waals surface area contributed by atoms with Crippen molar-refractivity contribution in [3.63, 3.8) is 0 Å². The minimum absolute atomic E-state index is 0.135. The number of fused-ring (bicyclic) bond motifs is 1. The van der Waals surface area contributed by atoms with E-state index in [4.69, 9.17) is 0 Å². The fraction of sp³-hybridized carbons (Fsp3) is 0.679. The molecule has 2 N–H and O–H groups in total. The van der Waals surface area contributed by atoms with E-state index in [1.807, 2.05) is 12.1 Å². The second kappa shape index (κ2) is 13.1. The standard InChI is InChI=1S/C28H43N7O4S/c1-21-20-29-9-14-33(21)13-4-11-31(2)10-3-12-32-15-17-34(18-16-32)22-5-7-25-23(19-22)28(38)35(40(25)39)24-6-8-26(36)30-27(24)37/h5,7,19,21,24,29H,3-4,6,8-18,20H2,1-2H3,(H,30,36,37)/t21-,24?,40?/m0/s1. The number of rotatable bonds is 10. The Bertz CT molecular complexity index is 1130. The molecule has 2 unspecified atom stereocenters. The first-order valence-electron chi connectivity index (χ1n) is 14.7. The number of imide groups is 1. The number of hydrogen-bond donors (Lipinski definition) is 2. The molecule has 220 valence electrons. The Balaban J connectivity index is 1.05. The van der Waals surface area contributed by atoms with Gasteiger partial charge in [0.25, 0.3) is 11.8 Å². The fourth-order valence-electron chi connectivity index (χ4n) is 6.16. The zero-order valence-corrected chi connectivity index (χ0v) is 24.6. The molecule has 0 saturated carbocycles. The monoisotopic (exact) mass is 573 g/mol. The molecule has 3 fully saturated rings. The average molecular weight is 574 g/mol. The first-order valence-corrected chi connectivity index (χ1v) is 15.8. The lowest BCUT2D eigenvalue weighted by atomic mass is 10.1. The summed E-state index contributed by atoms with van der Waals surface area (Å²) in [6.45, 7) is 13.8. The van der Waals surface area contributed by atoms with Gasteiger partial charge in [0.05, 0.1) is 10.5 Å². The quantitative estimate of drug-likeness (QED) is 0.377. The molecule has 40 heavy (non-hydrogen) atoms. The van der Waals surface area contributed by atoms with Gasteiger partial charge in [0.2, 0.25) is 5.91 Å². The summed E-state index contributed by atoms with van der Waals surface area (Å²) in [7, 11) is 0.473. The highest BCUT2D eigenvalue weighted by atomic mass is 32.2. The molecule has 0 bridgehead atoms. The lowest BCUT2D eigenvalue weighted by Gasteiger charge is -2.36. The highest BCUT2D eigenvalue weighted by Gasteiger charge is 2.44. The predicted octanol–water partition coefficient (Wildman–Crippen LogP) is 0.0979. The van der Waals surface area contributed by atoms with Gasteiger partial charge in [-0.1, -0.05) is 0 Å². The first-order chi connectivity index (χ1) is 19.3. The van der Waals surface area contributed by atoms with Gasteiger partial charge < -0.3 is 15.1 Å². The van der Waals surface area contributed by atoms with E-state index in [9.17, 15) is 18.6 Å². The van der Waals surface area contributed by atoms with Gasteiger partial charge in [0, 0.05) is 64.0 Å². The lowest BCUT2D eigenvalue weighted by molar-refractivity contribution is -0.135. The molecule has 3 amide bonds. The second-order valence-corrected chi connectivity index (χ2v) is 12.8. The van der Waals surface area contributed by atoms with Gasteiger partial charge in [-0.25, -0.2) is 8.51 Å². The van der Waals surface area contributed by atoms with Crippen LogP contribution in [0.3, 0.4) is 0 Å². The fourth-order valence-corrected chi connectivity index (χ4v) is 7.57. The van der Waals surface area contributed by atoms with Crippen LogP contribution in [-0.2, 0) is 20.6 Å². The van der Waals surface area contributed by atoms with E-state index in [2.05, 4.69) is 44.2 Å². The highest BCUT2D eigenvalue weighted by Crippen LogP contribution is 2.34. The van der Waals surface area contributed by atoms with E-state index in [0.717, 1.165) is 81.9 Å². The van der Waals surface area contributed by atoms with E-state index in [-0.39, 0.29) is 18.7 Å². The number of nitrogens with zero attached hydrogens (tertiary/aromatic N) is 5. The van der Waals surface area contributed by atoms with Crippen molar-refractivity contribution in [1.29, 1.82) is 0 Å². The van der Waals surface area contributed by atoms with Crippen molar-refractivity contribution in [3.8, 4) is 0 Å². The molecule has 0 spiro atoms. The number of nitrogens with one attached hydrogen (secondary N) is 2. The van der Waals surface area contributed by atoms with Crippen LogP contribution < -0.4 is 15.5 Å². The zero-order chi connectivity index (χ0) is 28.2. The van der Waals surface area contributed by atoms with Gasteiger partial charge in [0.15, 0.2) is 11.0 Å². The molecule has 11 nitrogen and oxygen atoms in total. The normalized spacial score (nSPS) is 26.5. The third-order valence-electron chi connectivity index (χ3n) is 8.63. The Morgan fingerprint density at radius 2 is 1.77 bits per heavy atom. The van der Waals surface area contributed by atoms with Gasteiger partial charge in [0.1, 0.15) is 6.04 Å². The van der Waals surface area contributed by atoms with Crippen LogP contribution in [-0.4, -0.2) is 132 Å². The molecule has 12 heteroatoms. The number of carbonyl (C=O) groups is 3. The summed E-state index contributed by atoms with van der Waals surface area (Å²) < 4.78 is 14.2. The number of piperidine rings is 1. The number of benzene rings is 1. The lowest BCUT2D eigenvalue weighted by Crippen LogP contribution is -2.53. The van der Waals surface area contributed by atoms with E-state index in [1.54, 1.807) is 6.07 Å². The number of amides is 3. The van der Waals surface area contributed by atoms with Crippen molar-refractivity contribution in [2.24, 2.45) is 0 Å². The van der Waals surface area contributed by atoms with Crippen LogP contribution in [0.1, 0.15) is 43.0 Å². The molecule has 4 aliphatic rings. The van der Waals surface area contributed by atoms with Crippen molar-refractivity contribution in [2.75, 3.05) is 83.9 Å². The SMILES string of the molecule is C[C@H]1CNCCN1CCCN(C)CCCN1CCN(c2ccc3c(c2)C(=O)N(C2CCC(=O)NC2=O)S3=O)CC1. The van der Waals surface area contributed by atoms with Crippen molar-refractivity contribution in [1.82, 2.24) is 29.6 Å². The minimum Gasteiger partial charge on any atom is -0.369 e. The van der Waals surface area contributed by atoms with Crippen LogP contribution in [0.25, 0.3) is 0 Å².